The van der Waals surface area contributed by atoms with E-state index in [9.17, 15) is 4.79 Å². The molecular weight excluding hydrogens is 377 g/mol. The highest BCUT2D eigenvalue weighted by molar-refractivity contribution is 14.1. The molecule has 21 heavy (non-hydrogen) atoms. The van der Waals surface area contributed by atoms with Crippen molar-refractivity contribution >= 4 is 45.6 Å². The van der Waals surface area contributed by atoms with Gasteiger partial charge < -0.3 is 4.98 Å². The van der Waals surface area contributed by atoms with Gasteiger partial charge in [-0.05, 0) is 34.7 Å². The molecule has 3 aromatic rings. The molecule has 0 unspecified atom stereocenters. The number of hydrogen-bond acceptors (Lipinski definition) is 2. The summed E-state index contributed by atoms with van der Waals surface area (Å²) >= 11 is 2.23. The van der Waals surface area contributed by atoms with Gasteiger partial charge in [0.2, 0.25) is 0 Å². The molecule has 104 valence electrons. The maximum atomic E-state index is 12.1. The molecule has 1 heterocycles. The third kappa shape index (κ3) is 2.97. The summed E-state index contributed by atoms with van der Waals surface area (Å²) < 4.78 is 1.08. The zero-order valence-corrected chi connectivity index (χ0v) is 13.2. The summed E-state index contributed by atoms with van der Waals surface area (Å²) in [6.07, 6.45) is 3.34. The molecule has 4 nitrogen and oxygen atoms in total. The van der Waals surface area contributed by atoms with Gasteiger partial charge in [-0.2, -0.15) is 5.10 Å². The Morgan fingerprint density at radius 3 is 2.76 bits per heavy atom. The number of halogens is 1. The number of amides is 1. The molecule has 0 fully saturated rings. The smallest absolute Gasteiger partial charge is 0.273 e. The van der Waals surface area contributed by atoms with E-state index in [0.717, 1.165) is 20.0 Å². The second-order valence-electron chi connectivity index (χ2n) is 4.47. The molecule has 0 atom stereocenters. The fourth-order valence-electron chi connectivity index (χ4n) is 2.06. The third-order valence-electron chi connectivity index (χ3n) is 3.11. The average molecular weight is 389 g/mol. The first-order valence-corrected chi connectivity index (χ1v) is 7.47. The number of H-pyrrole nitrogens is 1. The number of nitrogens with one attached hydrogen (secondary N) is 2. The van der Waals surface area contributed by atoms with E-state index in [1.165, 1.54) is 0 Å². The highest BCUT2D eigenvalue weighted by Gasteiger charge is 2.10. The first-order valence-electron chi connectivity index (χ1n) is 6.40. The highest BCUT2D eigenvalue weighted by atomic mass is 127. The summed E-state index contributed by atoms with van der Waals surface area (Å²) in [6, 6.07) is 15.5. The van der Waals surface area contributed by atoms with Gasteiger partial charge in [0.05, 0.1) is 11.8 Å². The fourth-order valence-corrected chi connectivity index (χ4v) is 2.59. The number of carbonyl (C=O) groups is 1. The van der Waals surface area contributed by atoms with Gasteiger partial charge in [-0.15, -0.1) is 0 Å². The number of aromatic amines is 1. The van der Waals surface area contributed by atoms with Gasteiger partial charge in [0.1, 0.15) is 0 Å². The fraction of sp³-hybridized carbons (Fsp3) is 0. The van der Waals surface area contributed by atoms with Crippen molar-refractivity contribution in [1.29, 1.82) is 0 Å². The molecule has 1 amide bonds. The van der Waals surface area contributed by atoms with E-state index < -0.39 is 0 Å². The van der Waals surface area contributed by atoms with Crippen molar-refractivity contribution in [1.82, 2.24) is 10.4 Å². The van der Waals surface area contributed by atoms with E-state index in [1.807, 2.05) is 48.5 Å². The van der Waals surface area contributed by atoms with Crippen molar-refractivity contribution in [3.05, 3.63) is 69.4 Å². The van der Waals surface area contributed by atoms with Crippen LogP contribution in [0, 0.1) is 3.57 Å². The minimum absolute atomic E-state index is 0.227. The molecule has 2 aromatic carbocycles. The van der Waals surface area contributed by atoms with Crippen LogP contribution < -0.4 is 5.43 Å². The lowest BCUT2D eigenvalue weighted by Crippen LogP contribution is -2.17. The summed E-state index contributed by atoms with van der Waals surface area (Å²) in [5.41, 5.74) is 5.05. The zero-order chi connectivity index (χ0) is 14.7. The standard InChI is InChI=1S/C16H12IN3O/c17-14-7-3-1-5-11(14)9-19-20-16(21)13-10-18-15-8-4-2-6-12(13)15/h1-10,18H,(H,20,21)/b19-9-. The normalized spacial score (nSPS) is 11.1. The summed E-state index contributed by atoms with van der Waals surface area (Å²) in [5, 5.41) is 4.91. The monoisotopic (exact) mass is 389 g/mol. The quantitative estimate of drug-likeness (QED) is 0.402. The van der Waals surface area contributed by atoms with Gasteiger partial charge in [-0.25, -0.2) is 5.43 Å². The largest absolute Gasteiger partial charge is 0.360 e. The van der Waals surface area contributed by atoms with E-state index in [0.29, 0.717) is 5.56 Å². The summed E-state index contributed by atoms with van der Waals surface area (Å²) in [4.78, 5) is 15.2. The van der Waals surface area contributed by atoms with E-state index in [2.05, 4.69) is 38.1 Å². The Morgan fingerprint density at radius 2 is 1.90 bits per heavy atom. The van der Waals surface area contributed by atoms with Crippen molar-refractivity contribution in [2.45, 2.75) is 0 Å². The van der Waals surface area contributed by atoms with Crippen molar-refractivity contribution in [2.24, 2.45) is 5.10 Å². The molecule has 0 aliphatic heterocycles. The Morgan fingerprint density at radius 1 is 1.14 bits per heavy atom. The second kappa shape index (κ2) is 6.09. The van der Waals surface area contributed by atoms with Crippen LogP contribution in [0.3, 0.4) is 0 Å². The first-order chi connectivity index (χ1) is 10.3. The van der Waals surface area contributed by atoms with E-state index in [-0.39, 0.29) is 5.91 Å². The number of para-hydroxylation sites is 1. The molecular formula is C16H12IN3O. The van der Waals surface area contributed by atoms with Gasteiger partial charge >= 0.3 is 0 Å². The SMILES string of the molecule is O=C(N/N=C\c1ccccc1I)c1c[nH]c2ccccc12. The maximum Gasteiger partial charge on any atom is 0.273 e. The Kier molecular flexibility index (Phi) is 4.01. The maximum absolute atomic E-state index is 12.1. The van der Waals surface area contributed by atoms with Crippen molar-refractivity contribution in [3.63, 3.8) is 0 Å². The molecule has 0 saturated carbocycles. The lowest BCUT2D eigenvalue weighted by atomic mass is 10.2. The molecule has 0 spiro atoms. The number of hydrogen-bond donors (Lipinski definition) is 2. The van der Waals surface area contributed by atoms with Crippen LogP contribution in [0.15, 0.2) is 59.8 Å². The number of nitrogens with zero attached hydrogens (tertiary/aromatic N) is 1. The van der Waals surface area contributed by atoms with Crippen LogP contribution in [0.25, 0.3) is 10.9 Å². The molecule has 0 aliphatic rings. The van der Waals surface area contributed by atoms with E-state index in [1.54, 1.807) is 12.4 Å². The lowest BCUT2D eigenvalue weighted by Gasteiger charge is -1.99. The van der Waals surface area contributed by atoms with Crippen LogP contribution in [-0.4, -0.2) is 17.1 Å². The highest BCUT2D eigenvalue weighted by Crippen LogP contribution is 2.17. The van der Waals surface area contributed by atoms with Gasteiger partial charge in [0.25, 0.3) is 5.91 Å². The van der Waals surface area contributed by atoms with E-state index in [4.69, 9.17) is 0 Å². The Labute approximate surface area is 135 Å². The predicted molar refractivity (Wildman–Crippen MR) is 92.5 cm³/mol. The van der Waals surface area contributed by atoms with Crippen LogP contribution in [0.2, 0.25) is 0 Å². The minimum Gasteiger partial charge on any atom is -0.360 e. The number of fused-ring (bicyclic) bond motifs is 1. The van der Waals surface area contributed by atoms with Crippen LogP contribution in [0.4, 0.5) is 0 Å². The molecule has 3 rings (SSSR count). The number of aromatic nitrogens is 1. The molecule has 2 N–H and O–H groups in total. The van der Waals surface area contributed by atoms with Crippen LogP contribution >= 0.6 is 22.6 Å². The summed E-state index contributed by atoms with van der Waals surface area (Å²) in [7, 11) is 0. The van der Waals surface area contributed by atoms with Crippen molar-refractivity contribution in [2.75, 3.05) is 0 Å². The summed E-state index contributed by atoms with van der Waals surface area (Å²) in [5.74, 6) is -0.227. The molecule has 1 aromatic heterocycles. The third-order valence-corrected chi connectivity index (χ3v) is 4.09. The average Bonchev–Trinajstić information content (AvgIpc) is 2.93. The predicted octanol–water partition coefficient (Wildman–Crippen LogP) is 3.54. The zero-order valence-electron chi connectivity index (χ0n) is 11.0. The molecule has 5 heteroatoms. The summed E-state index contributed by atoms with van der Waals surface area (Å²) in [6.45, 7) is 0. The number of benzene rings is 2. The second-order valence-corrected chi connectivity index (χ2v) is 5.63. The van der Waals surface area contributed by atoms with Gasteiger partial charge in [0, 0.05) is 26.2 Å². The van der Waals surface area contributed by atoms with E-state index >= 15 is 0 Å². The topological polar surface area (TPSA) is 57.2 Å². The Hall–Kier alpha value is -2.15. The first kappa shape index (κ1) is 13.8. The Balaban J connectivity index is 1.77. The van der Waals surface area contributed by atoms with Crippen LogP contribution in [-0.2, 0) is 0 Å². The number of hydrazone groups is 1. The van der Waals surface area contributed by atoms with Crippen LogP contribution in [0.5, 0.6) is 0 Å². The number of rotatable bonds is 3. The van der Waals surface area contributed by atoms with Crippen molar-refractivity contribution in [3.8, 4) is 0 Å². The molecule has 0 aliphatic carbocycles. The number of carbonyl (C=O) groups excluding carboxylic acids is 1. The van der Waals surface area contributed by atoms with Gasteiger partial charge in [-0.1, -0.05) is 36.4 Å². The minimum atomic E-state index is -0.227. The molecule has 0 saturated heterocycles. The van der Waals surface area contributed by atoms with Gasteiger partial charge in [0.15, 0.2) is 0 Å². The van der Waals surface area contributed by atoms with Crippen LogP contribution in [0.1, 0.15) is 15.9 Å². The van der Waals surface area contributed by atoms with Gasteiger partial charge in [-0.3, -0.25) is 4.79 Å². The molecule has 0 radical (unpaired) electrons. The lowest BCUT2D eigenvalue weighted by molar-refractivity contribution is 0.0957. The van der Waals surface area contributed by atoms with Crippen molar-refractivity contribution < 1.29 is 4.79 Å². The Bertz CT molecular complexity index is 823. The molecule has 0 bridgehead atoms.